The Bertz CT molecular complexity index is 398. The van der Waals surface area contributed by atoms with E-state index in [1.807, 2.05) is 0 Å². The van der Waals surface area contributed by atoms with E-state index in [1.165, 1.54) is 0 Å². The molecule has 0 saturated heterocycles. The van der Waals surface area contributed by atoms with Crippen LogP contribution in [-0.2, 0) is 9.59 Å². The maximum absolute atomic E-state index is 10.6. The Kier molecular flexibility index (Phi) is 4.67. The second-order valence-corrected chi connectivity index (χ2v) is 3.97. The van der Waals surface area contributed by atoms with Gasteiger partial charge in [-0.1, -0.05) is 18.2 Å². The average Bonchev–Trinajstić information content (AvgIpc) is 2.26. The molecule has 6 heteroatoms. The zero-order chi connectivity index (χ0) is 13.6. The number of benzene rings is 1. The van der Waals surface area contributed by atoms with E-state index in [2.05, 4.69) is 0 Å². The first-order valence-corrected chi connectivity index (χ1v) is 5.25. The Morgan fingerprint density at radius 2 is 1.56 bits per heavy atom. The molecule has 0 saturated carbocycles. The summed E-state index contributed by atoms with van der Waals surface area (Å²) in [7, 11) is 0. The summed E-state index contributed by atoms with van der Waals surface area (Å²) < 4.78 is 5.20. The molecule has 0 aliphatic rings. The first-order chi connectivity index (χ1) is 8.41. The molecule has 98 valence electrons. The number of hydrogen-bond donors (Lipinski definition) is 3. The number of aliphatic hydroxyl groups is 1. The van der Waals surface area contributed by atoms with Crippen LogP contribution >= 0.6 is 0 Å². The van der Waals surface area contributed by atoms with E-state index in [0.717, 1.165) is 0 Å². The molecule has 1 rings (SSSR count). The van der Waals surface area contributed by atoms with E-state index in [1.54, 1.807) is 30.3 Å². The summed E-state index contributed by atoms with van der Waals surface area (Å²) in [4.78, 5) is 21.2. The highest BCUT2D eigenvalue weighted by Crippen LogP contribution is 2.18. The first kappa shape index (κ1) is 14.0. The molecule has 0 atom stereocenters. The minimum absolute atomic E-state index is 0.393. The lowest BCUT2D eigenvalue weighted by Gasteiger charge is -2.24. The fourth-order valence-corrected chi connectivity index (χ4v) is 1.46. The van der Waals surface area contributed by atoms with E-state index in [-0.39, 0.29) is 0 Å². The maximum Gasteiger partial charge on any atom is 0.306 e. The van der Waals surface area contributed by atoms with Gasteiger partial charge >= 0.3 is 11.9 Å². The minimum Gasteiger partial charge on any atom is -0.491 e. The highest BCUT2D eigenvalue weighted by Gasteiger charge is 2.34. The largest absolute Gasteiger partial charge is 0.491 e. The molecule has 18 heavy (non-hydrogen) atoms. The van der Waals surface area contributed by atoms with E-state index < -0.39 is 37.0 Å². The molecular formula is C12H14O6. The highest BCUT2D eigenvalue weighted by molar-refractivity contribution is 5.72. The van der Waals surface area contributed by atoms with Gasteiger partial charge in [-0.05, 0) is 12.1 Å². The highest BCUT2D eigenvalue weighted by atomic mass is 16.5. The molecule has 0 heterocycles. The summed E-state index contributed by atoms with van der Waals surface area (Å²) in [6, 6.07) is 8.45. The van der Waals surface area contributed by atoms with Crippen molar-refractivity contribution in [3.63, 3.8) is 0 Å². The van der Waals surface area contributed by atoms with E-state index in [9.17, 15) is 14.7 Å². The summed E-state index contributed by atoms with van der Waals surface area (Å²) in [6.45, 7) is -0.393. The van der Waals surface area contributed by atoms with Crippen molar-refractivity contribution in [2.75, 3.05) is 6.61 Å². The van der Waals surface area contributed by atoms with Crippen molar-refractivity contribution >= 4 is 11.9 Å². The van der Waals surface area contributed by atoms with Crippen molar-refractivity contribution in [2.45, 2.75) is 18.4 Å². The van der Waals surface area contributed by atoms with Gasteiger partial charge in [-0.2, -0.15) is 0 Å². The van der Waals surface area contributed by atoms with E-state index in [0.29, 0.717) is 5.75 Å². The smallest absolute Gasteiger partial charge is 0.306 e. The molecule has 0 aromatic heterocycles. The zero-order valence-electron chi connectivity index (χ0n) is 9.57. The Labute approximate surface area is 103 Å². The number of aliphatic carboxylic acids is 2. The molecular weight excluding hydrogens is 240 g/mol. The van der Waals surface area contributed by atoms with Gasteiger partial charge in [-0.25, -0.2) is 0 Å². The molecule has 0 spiro atoms. The second-order valence-electron chi connectivity index (χ2n) is 3.97. The van der Waals surface area contributed by atoms with Crippen LogP contribution in [0, 0.1) is 0 Å². The predicted octanol–water partition coefficient (Wildman–Crippen LogP) is 0.746. The van der Waals surface area contributed by atoms with Gasteiger partial charge in [0.15, 0.2) is 0 Å². The Balaban J connectivity index is 2.66. The lowest BCUT2D eigenvalue weighted by atomic mass is 9.97. The van der Waals surface area contributed by atoms with Crippen LogP contribution in [0.1, 0.15) is 12.8 Å². The fraction of sp³-hybridized carbons (Fsp3) is 0.333. The molecule has 0 bridgehead atoms. The SMILES string of the molecule is O=C(O)CC(O)(COc1ccccc1)CC(=O)O. The topological polar surface area (TPSA) is 104 Å². The molecule has 3 N–H and O–H groups in total. The molecule has 1 aromatic rings. The number of rotatable bonds is 7. The van der Waals surface area contributed by atoms with Crippen LogP contribution in [0.5, 0.6) is 5.75 Å². The third kappa shape index (κ3) is 4.84. The molecule has 0 amide bonds. The number of carboxylic acids is 2. The van der Waals surface area contributed by atoms with Crippen LogP contribution < -0.4 is 4.74 Å². The number of carboxylic acid groups (broad SMARTS) is 2. The Hall–Kier alpha value is -2.08. The lowest BCUT2D eigenvalue weighted by Crippen LogP contribution is -2.40. The minimum atomic E-state index is -1.92. The van der Waals surface area contributed by atoms with Crippen LogP contribution in [0.15, 0.2) is 30.3 Å². The Morgan fingerprint density at radius 1 is 1.06 bits per heavy atom. The number of para-hydroxylation sites is 1. The van der Waals surface area contributed by atoms with Crippen molar-refractivity contribution in [1.29, 1.82) is 0 Å². The summed E-state index contributed by atoms with van der Waals surface area (Å²) >= 11 is 0. The number of hydrogen-bond acceptors (Lipinski definition) is 4. The van der Waals surface area contributed by atoms with E-state index in [4.69, 9.17) is 14.9 Å². The van der Waals surface area contributed by atoms with Crippen molar-refractivity contribution in [3.05, 3.63) is 30.3 Å². The normalized spacial score (nSPS) is 10.9. The maximum atomic E-state index is 10.6. The van der Waals surface area contributed by atoms with Gasteiger partial charge < -0.3 is 20.1 Å². The lowest BCUT2D eigenvalue weighted by molar-refractivity contribution is -0.150. The van der Waals surface area contributed by atoms with Crippen LogP contribution in [0.2, 0.25) is 0 Å². The van der Waals surface area contributed by atoms with Gasteiger partial charge in [-0.15, -0.1) is 0 Å². The van der Waals surface area contributed by atoms with Gasteiger partial charge in [0.2, 0.25) is 0 Å². The summed E-state index contributed by atoms with van der Waals surface area (Å²) in [5.74, 6) is -2.13. The molecule has 0 aliphatic carbocycles. The molecule has 6 nitrogen and oxygen atoms in total. The van der Waals surface area contributed by atoms with Crippen molar-refractivity contribution in [1.82, 2.24) is 0 Å². The van der Waals surface area contributed by atoms with Gasteiger partial charge in [0, 0.05) is 0 Å². The third-order valence-corrected chi connectivity index (χ3v) is 2.21. The first-order valence-electron chi connectivity index (χ1n) is 5.25. The standard InChI is InChI=1S/C12H14O6/c13-10(14)6-12(17,7-11(15)16)8-18-9-4-2-1-3-5-9/h1-5,17H,6-8H2,(H,13,14)(H,15,16). The third-order valence-electron chi connectivity index (χ3n) is 2.21. The molecule has 0 unspecified atom stereocenters. The molecule has 0 fully saturated rings. The van der Waals surface area contributed by atoms with Crippen LogP contribution in [0.4, 0.5) is 0 Å². The second kappa shape index (κ2) is 6.02. The summed E-state index contributed by atoms with van der Waals surface area (Å²) in [6.07, 6.45) is -1.38. The van der Waals surface area contributed by atoms with Crippen LogP contribution in [0.3, 0.4) is 0 Å². The number of carbonyl (C=O) groups is 2. The molecule has 0 aliphatic heterocycles. The van der Waals surface area contributed by atoms with Gasteiger partial charge in [0.05, 0.1) is 12.8 Å². The van der Waals surface area contributed by atoms with Crippen LogP contribution in [-0.4, -0.2) is 39.5 Å². The van der Waals surface area contributed by atoms with E-state index >= 15 is 0 Å². The zero-order valence-corrected chi connectivity index (χ0v) is 9.57. The van der Waals surface area contributed by atoms with Gasteiger partial charge in [0.1, 0.15) is 18.0 Å². The fourth-order valence-electron chi connectivity index (χ4n) is 1.46. The molecule has 1 aromatic carbocycles. The van der Waals surface area contributed by atoms with Gasteiger partial charge in [-0.3, -0.25) is 9.59 Å². The van der Waals surface area contributed by atoms with Crippen molar-refractivity contribution in [2.24, 2.45) is 0 Å². The quantitative estimate of drug-likeness (QED) is 0.663. The summed E-state index contributed by atoms with van der Waals surface area (Å²) in [5.41, 5.74) is -1.92. The monoisotopic (exact) mass is 254 g/mol. The van der Waals surface area contributed by atoms with Crippen LogP contribution in [0.25, 0.3) is 0 Å². The summed E-state index contributed by atoms with van der Waals surface area (Å²) in [5, 5.41) is 27.2. The average molecular weight is 254 g/mol. The van der Waals surface area contributed by atoms with Gasteiger partial charge in [0.25, 0.3) is 0 Å². The number of ether oxygens (including phenoxy) is 1. The van der Waals surface area contributed by atoms with Crippen molar-refractivity contribution < 1.29 is 29.6 Å². The Morgan fingerprint density at radius 3 is 2.00 bits per heavy atom. The van der Waals surface area contributed by atoms with Crippen molar-refractivity contribution in [3.8, 4) is 5.75 Å². The predicted molar refractivity (Wildman–Crippen MR) is 61.4 cm³/mol. The molecule has 0 radical (unpaired) electrons.